The van der Waals surface area contributed by atoms with Crippen LogP contribution < -0.4 is 4.72 Å². The number of carbonyl (C=O) groups is 1. The smallest absolute Gasteiger partial charge is 0.324 e. The van der Waals surface area contributed by atoms with Gasteiger partial charge in [0.05, 0.1) is 21.1 Å². The van der Waals surface area contributed by atoms with E-state index in [4.69, 9.17) is 4.74 Å². The van der Waals surface area contributed by atoms with E-state index < -0.39 is 42.4 Å². The summed E-state index contributed by atoms with van der Waals surface area (Å²) in [5, 5.41) is 0. The number of benzene rings is 1. The molecule has 0 amide bonds. The first-order valence-corrected chi connectivity index (χ1v) is 13.3. The highest BCUT2D eigenvalue weighted by Crippen LogP contribution is 2.26. The van der Waals surface area contributed by atoms with Gasteiger partial charge in [-0.2, -0.15) is 0 Å². The molecule has 0 radical (unpaired) electrons. The van der Waals surface area contributed by atoms with Crippen LogP contribution in [0.5, 0.6) is 0 Å². The van der Waals surface area contributed by atoms with Gasteiger partial charge in [-0.1, -0.05) is 32.0 Å². The maximum atomic E-state index is 13.4. The van der Waals surface area contributed by atoms with Crippen molar-refractivity contribution in [3.05, 3.63) is 30.3 Å². The number of hydrogen-bond donors (Lipinski definition) is 1. The van der Waals surface area contributed by atoms with Crippen LogP contribution in [0.15, 0.2) is 39.6 Å². The number of esters is 1. The molecule has 0 fully saturated rings. The molecule has 0 aromatic heterocycles. The van der Waals surface area contributed by atoms with Crippen molar-refractivity contribution >= 4 is 25.7 Å². The largest absolute Gasteiger partial charge is 0.465 e. The molecule has 172 valence electrons. The van der Waals surface area contributed by atoms with Crippen molar-refractivity contribution < 1.29 is 22.2 Å². The molecule has 7 nitrogen and oxygen atoms in total. The van der Waals surface area contributed by atoms with Crippen molar-refractivity contribution in [2.45, 2.75) is 63.6 Å². The summed E-state index contributed by atoms with van der Waals surface area (Å²) in [7, 11) is -4.96. The fraction of sp³-hybridized carbons (Fsp3) is 0.667. The zero-order valence-electron chi connectivity index (χ0n) is 19.0. The van der Waals surface area contributed by atoms with Crippen LogP contribution in [-0.2, 0) is 29.3 Å². The van der Waals surface area contributed by atoms with Crippen LogP contribution >= 0.6 is 0 Å². The minimum atomic E-state index is -3.80. The van der Waals surface area contributed by atoms with Gasteiger partial charge in [0.15, 0.2) is 0 Å². The molecule has 1 rings (SSSR count). The number of nitrogens with zero attached hydrogens (tertiary/aromatic N) is 1. The van der Waals surface area contributed by atoms with E-state index in [1.54, 1.807) is 52.0 Å². The molecule has 0 saturated heterocycles. The molecule has 0 aliphatic carbocycles. The summed E-state index contributed by atoms with van der Waals surface area (Å²) in [6, 6.07) is 7.92. The molecule has 3 atom stereocenters. The quantitative estimate of drug-likeness (QED) is 0.539. The molecule has 9 heteroatoms. The minimum Gasteiger partial charge on any atom is -0.465 e. The van der Waals surface area contributed by atoms with E-state index in [-0.39, 0.29) is 18.3 Å². The maximum absolute atomic E-state index is 13.4. The van der Waals surface area contributed by atoms with Gasteiger partial charge in [-0.25, -0.2) is 21.7 Å². The Morgan fingerprint density at radius 1 is 1.13 bits per heavy atom. The van der Waals surface area contributed by atoms with Gasteiger partial charge in [0.2, 0.25) is 10.0 Å². The fourth-order valence-electron chi connectivity index (χ4n) is 3.01. The van der Waals surface area contributed by atoms with E-state index in [1.807, 2.05) is 19.9 Å². The molecule has 0 saturated carbocycles. The number of carbonyl (C=O) groups excluding carboxylic acids is 1. The molecule has 1 aromatic rings. The van der Waals surface area contributed by atoms with Crippen LogP contribution in [0.25, 0.3) is 0 Å². The zero-order valence-corrected chi connectivity index (χ0v) is 20.7. The van der Waals surface area contributed by atoms with E-state index >= 15 is 0 Å². The lowest BCUT2D eigenvalue weighted by Crippen LogP contribution is -2.53. The zero-order chi connectivity index (χ0) is 23.2. The second-order valence-electron chi connectivity index (χ2n) is 8.50. The first kappa shape index (κ1) is 26.6. The molecule has 1 aromatic carbocycles. The highest BCUT2D eigenvalue weighted by Gasteiger charge is 2.39. The standard InChI is InChI=1S/C21H36N2O5S2/c1-8-28-20(24)19(23-30(26,27)21(4,5)6)18(16(2)3)14-15-29(25,22-7)17-12-10-9-11-13-17/h9-13,16,18-19,23H,8,14-15H2,1-7H3/t18-,19-,29+/m0/s1. The summed E-state index contributed by atoms with van der Waals surface area (Å²) in [4.78, 5) is 13.3. The molecular weight excluding hydrogens is 424 g/mol. The Bertz CT molecular complexity index is 912. The first-order valence-electron chi connectivity index (χ1n) is 10.2. The summed E-state index contributed by atoms with van der Waals surface area (Å²) >= 11 is 0. The SMILES string of the molecule is CCOC(=O)[C@@H](NS(=O)(=O)C(C)(C)C)[C@@H](CC[S@](=O)(=NC)c1ccccc1)C(C)C. The van der Waals surface area contributed by atoms with Gasteiger partial charge < -0.3 is 4.74 Å². The summed E-state index contributed by atoms with van der Waals surface area (Å²) in [5.74, 6) is -0.877. The van der Waals surface area contributed by atoms with Gasteiger partial charge in [-0.3, -0.25) is 4.79 Å². The Morgan fingerprint density at radius 3 is 2.13 bits per heavy atom. The van der Waals surface area contributed by atoms with Crippen LogP contribution in [0.2, 0.25) is 0 Å². The lowest BCUT2D eigenvalue weighted by Gasteiger charge is -2.32. The van der Waals surface area contributed by atoms with Gasteiger partial charge in [0, 0.05) is 17.7 Å². The Hall–Kier alpha value is -1.45. The van der Waals surface area contributed by atoms with Gasteiger partial charge in [-0.05, 0) is 58.1 Å². The average Bonchev–Trinajstić information content (AvgIpc) is 2.66. The van der Waals surface area contributed by atoms with Gasteiger partial charge in [0.25, 0.3) is 0 Å². The van der Waals surface area contributed by atoms with E-state index in [1.165, 1.54) is 7.05 Å². The first-order chi connectivity index (χ1) is 13.8. The summed E-state index contributed by atoms with van der Waals surface area (Å²) in [5.41, 5.74) is 0. The molecule has 0 unspecified atom stereocenters. The van der Waals surface area contributed by atoms with E-state index in [0.29, 0.717) is 11.3 Å². The Morgan fingerprint density at radius 2 is 1.70 bits per heavy atom. The van der Waals surface area contributed by atoms with Crippen LogP contribution in [-0.4, -0.2) is 48.8 Å². The third-order valence-electron chi connectivity index (χ3n) is 5.05. The monoisotopic (exact) mass is 460 g/mol. The highest BCUT2D eigenvalue weighted by molar-refractivity contribution is 7.93. The third-order valence-corrected chi connectivity index (χ3v) is 9.61. The molecule has 0 bridgehead atoms. The topological polar surface area (TPSA) is 102 Å². The van der Waals surface area contributed by atoms with Crippen molar-refractivity contribution in [2.75, 3.05) is 19.4 Å². The van der Waals surface area contributed by atoms with Crippen LogP contribution in [0, 0.1) is 11.8 Å². The average molecular weight is 461 g/mol. The molecule has 0 aliphatic heterocycles. The predicted octanol–water partition coefficient (Wildman–Crippen LogP) is 3.46. The number of ether oxygens (including phenoxy) is 1. The molecule has 0 aliphatic rings. The summed E-state index contributed by atoms with van der Waals surface area (Å²) < 4.78 is 49.8. The Kier molecular flexibility index (Phi) is 9.51. The van der Waals surface area contributed by atoms with Crippen molar-refractivity contribution in [1.82, 2.24) is 4.72 Å². The Labute approximate surface area is 182 Å². The van der Waals surface area contributed by atoms with Gasteiger partial charge in [0.1, 0.15) is 6.04 Å². The molecule has 1 N–H and O–H groups in total. The van der Waals surface area contributed by atoms with Gasteiger partial charge >= 0.3 is 5.97 Å². The Balaban J connectivity index is 3.26. The number of hydrogen-bond acceptors (Lipinski definition) is 6. The number of nitrogens with one attached hydrogen (secondary N) is 1. The van der Waals surface area contributed by atoms with E-state index in [2.05, 4.69) is 9.08 Å². The normalized spacial score (nSPS) is 16.5. The summed E-state index contributed by atoms with van der Waals surface area (Å²) in [6.45, 7) is 10.4. The van der Waals surface area contributed by atoms with Crippen molar-refractivity contribution in [3.63, 3.8) is 0 Å². The maximum Gasteiger partial charge on any atom is 0.324 e. The minimum absolute atomic E-state index is 0.0571. The highest BCUT2D eigenvalue weighted by atomic mass is 32.2. The van der Waals surface area contributed by atoms with Crippen LogP contribution in [0.1, 0.15) is 48.0 Å². The lowest BCUT2D eigenvalue weighted by molar-refractivity contribution is -0.147. The van der Waals surface area contributed by atoms with Crippen LogP contribution in [0.4, 0.5) is 0 Å². The second-order valence-corrected chi connectivity index (χ2v) is 13.5. The van der Waals surface area contributed by atoms with Crippen molar-refractivity contribution in [1.29, 1.82) is 0 Å². The van der Waals surface area contributed by atoms with Crippen molar-refractivity contribution in [3.8, 4) is 0 Å². The second kappa shape index (κ2) is 10.7. The van der Waals surface area contributed by atoms with E-state index in [0.717, 1.165) is 0 Å². The lowest BCUT2D eigenvalue weighted by atomic mass is 9.86. The molecule has 0 heterocycles. The molecular formula is C21H36N2O5S2. The number of rotatable bonds is 10. The van der Waals surface area contributed by atoms with Gasteiger partial charge in [-0.15, -0.1) is 0 Å². The van der Waals surface area contributed by atoms with E-state index in [9.17, 15) is 17.4 Å². The fourth-order valence-corrected chi connectivity index (χ4v) is 5.78. The van der Waals surface area contributed by atoms with Crippen LogP contribution in [0.3, 0.4) is 0 Å². The molecule has 30 heavy (non-hydrogen) atoms. The number of sulfonamides is 1. The van der Waals surface area contributed by atoms with Crippen molar-refractivity contribution in [2.24, 2.45) is 16.2 Å². The third kappa shape index (κ3) is 6.78. The molecule has 0 spiro atoms. The summed E-state index contributed by atoms with van der Waals surface area (Å²) in [6.07, 6.45) is 0.346. The predicted molar refractivity (Wildman–Crippen MR) is 121 cm³/mol.